The van der Waals surface area contributed by atoms with Crippen LogP contribution in [0.25, 0.3) is 0 Å². The van der Waals surface area contributed by atoms with E-state index in [9.17, 15) is 14.4 Å². The number of nitrogens with zero attached hydrogens (tertiary/aromatic N) is 1. The van der Waals surface area contributed by atoms with Crippen molar-refractivity contribution in [2.24, 2.45) is 5.92 Å². The van der Waals surface area contributed by atoms with E-state index in [4.69, 9.17) is 5.11 Å². The maximum absolute atomic E-state index is 11.8. The average Bonchev–Trinajstić information content (AvgIpc) is 2.72. The molecule has 0 saturated carbocycles. The van der Waals surface area contributed by atoms with Crippen LogP contribution >= 0.6 is 0 Å². The number of nitrogens with one attached hydrogen (secondary N) is 1. The molecule has 0 radical (unpaired) electrons. The van der Waals surface area contributed by atoms with Crippen molar-refractivity contribution in [2.45, 2.75) is 6.42 Å². The van der Waals surface area contributed by atoms with Crippen LogP contribution < -0.4 is 5.43 Å². The molecular weight excluding hydrogens is 236 g/mol. The number of hydrogen-bond donors (Lipinski definition) is 2. The first kappa shape index (κ1) is 12.1. The molecule has 18 heavy (non-hydrogen) atoms. The first-order valence-electron chi connectivity index (χ1n) is 5.47. The number of hydrogen-bond acceptors (Lipinski definition) is 3. The summed E-state index contributed by atoms with van der Waals surface area (Å²) >= 11 is 0. The summed E-state index contributed by atoms with van der Waals surface area (Å²) in [5, 5.41) is 9.87. The van der Waals surface area contributed by atoms with E-state index in [0.29, 0.717) is 5.56 Å². The van der Waals surface area contributed by atoms with Crippen molar-refractivity contribution in [3.05, 3.63) is 35.9 Å². The van der Waals surface area contributed by atoms with Crippen LogP contribution in [-0.4, -0.2) is 34.4 Å². The number of carbonyl (C=O) groups is 3. The fourth-order valence-corrected chi connectivity index (χ4v) is 1.76. The summed E-state index contributed by atoms with van der Waals surface area (Å²) in [5.74, 6) is -2.59. The predicted molar refractivity (Wildman–Crippen MR) is 61.4 cm³/mol. The maximum Gasteiger partial charge on any atom is 0.308 e. The molecule has 0 bridgehead atoms. The fourth-order valence-electron chi connectivity index (χ4n) is 1.76. The summed E-state index contributed by atoms with van der Waals surface area (Å²) in [6, 6.07) is 8.43. The molecule has 0 aromatic heterocycles. The van der Waals surface area contributed by atoms with Crippen LogP contribution in [-0.2, 0) is 9.59 Å². The van der Waals surface area contributed by atoms with Crippen LogP contribution in [0.4, 0.5) is 0 Å². The molecule has 1 aromatic rings. The summed E-state index contributed by atoms with van der Waals surface area (Å²) in [4.78, 5) is 34.0. The monoisotopic (exact) mass is 248 g/mol. The lowest BCUT2D eigenvalue weighted by atomic mass is 10.1. The van der Waals surface area contributed by atoms with E-state index in [2.05, 4.69) is 5.43 Å². The van der Waals surface area contributed by atoms with Crippen LogP contribution in [0.15, 0.2) is 30.3 Å². The minimum Gasteiger partial charge on any atom is -0.481 e. The Labute approximate surface area is 103 Å². The van der Waals surface area contributed by atoms with Crippen LogP contribution in [0.5, 0.6) is 0 Å². The summed E-state index contributed by atoms with van der Waals surface area (Å²) in [6.45, 7) is 0.00669. The van der Waals surface area contributed by atoms with E-state index in [-0.39, 0.29) is 18.9 Å². The van der Waals surface area contributed by atoms with Crippen molar-refractivity contribution in [3.8, 4) is 0 Å². The van der Waals surface area contributed by atoms with Crippen LogP contribution in [0.1, 0.15) is 16.8 Å². The predicted octanol–water partition coefficient (Wildman–Crippen LogP) is 0.264. The molecular formula is C12H12N2O4. The molecule has 94 valence electrons. The molecule has 1 atom stereocenters. The molecule has 6 nitrogen and oxygen atoms in total. The Balaban J connectivity index is 2.01. The molecule has 2 N–H and O–H groups in total. The molecule has 1 aliphatic rings. The van der Waals surface area contributed by atoms with Crippen LogP contribution in [0.2, 0.25) is 0 Å². The van der Waals surface area contributed by atoms with Gasteiger partial charge in [-0.05, 0) is 12.1 Å². The number of carboxylic acid groups (broad SMARTS) is 1. The Morgan fingerprint density at radius 2 is 1.94 bits per heavy atom. The molecule has 2 amide bonds. The molecule has 1 heterocycles. The van der Waals surface area contributed by atoms with Gasteiger partial charge in [-0.2, -0.15) is 0 Å². The largest absolute Gasteiger partial charge is 0.481 e. The van der Waals surface area contributed by atoms with Gasteiger partial charge in [0.1, 0.15) is 0 Å². The van der Waals surface area contributed by atoms with Crippen molar-refractivity contribution < 1.29 is 19.5 Å². The second kappa shape index (κ2) is 4.87. The van der Waals surface area contributed by atoms with E-state index < -0.39 is 17.8 Å². The van der Waals surface area contributed by atoms with Gasteiger partial charge >= 0.3 is 5.97 Å². The minimum atomic E-state index is -1.03. The number of rotatable bonds is 3. The quantitative estimate of drug-likeness (QED) is 0.803. The SMILES string of the molecule is O=C(NN1CC(C(=O)O)CC1=O)c1ccccc1. The molecule has 1 saturated heterocycles. The van der Waals surface area contributed by atoms with E-state index >= 15 is 0 Å². The fraction of sp³-hybridized carbons (Fsp3) is 0.250. The van der Waals surface area contributed by atoms with Crippen LogP contribution in [0, 0.1) is 5.92 Å². The third-order valence-corrected chi connectivity index (χ3v) is 2.75. The van der Waals surface area contributed by atoms with Gasteiger partial charge < -0.3 is 5.11 Å². The highest BCUT2D eigenvalue weighted by atomic mass is 16.4. The summed E-state index contributed by atoms with van der Waals surface area (Å²) < 4.78 is 0. The van der Waals surface area contributed by atoms with Gasteiger partial charge in [-0.1, -0.05) is 18.2 Å². The van der Waals surface area contributed by atoms with Gasteiger partial charge in [-0.3, -0.25) is 24.8 Å². The molecule has 1 aliphatic heterocycles. The minimum absolute atomic E-state index is 0.00669. The third-order valence-electron chi connectivity index (χ3n) is 2.75. The lowest BCUT2D eigenvalue weighted by molar-refractivity contribution is -0.141. The van der Waals surface area contributed by atoms with Crippen molar-refractivity contribution >= 4 is 17.8 Å². The zero-order valence-corrected chi connectivity index (χ0v) is 9.50. The summed E-state index contributed by atoms with van der Waals surface area (Å²) in [5.41, 5.74) is 2.83. The number of benzene rings is 1. The normalized spacial score (nSPS) is 18.8. The Morgan fingerprint density at radius 1 is 1.28 bits per heavy atom. The summed E-state index contributed by atoms with van der Waals surface area (Å²) in [6.07, 6.45) is -0.0790. The van der Waals surface area contributed by atoms with Gasteiger partial charge in [0.15, 0.2) is 0 Å². The first-order chi connectivity index (χ1) is 8.58. The van der Waals surface area contributed by atoms with E-state index in [1.54, 1.807) is 30.3 Å². The van der Waals surface area contributed by atoms with Crippen molar-refractivity contribution in [1.82, 2.24) is 10.4 Å². The topological polar surface area (TPSA) is 86.7 Å². The molecule has 1 fully saturated rings. The van der Waals surface area contributed by atoms with Gasteiger partial charge in [0.25, 0.3) is 5.91 Å². The standard InChI is InChI=1S/C12H12N2O4/c15-10-6-9(12(17)18)7-14(10)13-11(16)8-4-2-1-3-5-8/h1-5,9H,6-7H2,(H,13,16)(H,17,18). The third kappa shape index (κ3) is 2.48. The summed E-state index contributed by atoms with van der Waals surface area (Å²) in [7, 11) is 0. The lowest BCUT2D eigenvalue weighted by Crippen LogP contribution is -2.43. The van der Waals surface area contributed by atoms with Gasteiger partial charge in [0, 0.05) is 12.0 Å². The Kier molecular flexibility index (Phi) is 3.27. The second-order valence-corrected chi connectivity index (χ2v) is 4.05. The number of carboxylic acids is 1. The maximum atomic E-state index is 11.8. The van der Waals surface area contributed by atoms with Crippen molar-refractivity contribution in [3.63, 3.8) is 0 Å². The van der Waals surface area contributed by atoms with E-state index in [1.165, 1.54) is 0 Å². The molecule has 2 rings (SSSR count). The van der Waals surface area contributed by atoms with E-state index in [0.717, 1.165) is 5.01 Å². The molecule has 1 aromatic carbocycles. The number of amides is 2. The van der Waals surface area contributed by atoms with Crippen molar-refractivity contribution in [1.29, 1.82) is 0 Å². The number of carbonyl (C=O) groups excluding carboxylic acids is 2. The zero-order chi connectivity index (χ0) is 13.1. The average molecular weight is 248 g/mol. The van der Waals surface area contributed by atoms with Gasteiger partial charge in [-0.25, -0.2) is 0 Å². The van der Waals surface area contributed by atoms with Gasteiger partial charge in [0.05, 0.1) is 12.5 Å². The molecule has 1 unspecified atom stereocenters. The van der Waals surface area contributed by atoms with Crippen LogP contribution in [0.3, 0.4) is 0 Å². The highest BCUT2D eigenvalue weighted by Gasteiger charge is 2.35. The zero-order valence-electron chi connectivity index (χ0n) is 9.50. The lowest BCUT2D eigenvalue weighted by Gasteiger charge is -2.17. The smallest absolute Gasteiger partial charge is 0.308 e. The Morgan fingerprint density at radius 3 is 2.50 bits per heavy atom. The van der Waals surface area contributed by atoms with E-state index in [1.807, 2.05) is 0 Å². The van der Waals surface area contributed by atoms with Crippen molar-refractivity contribution in [2.75, 3.05) is 6.54 Å². The molecule has 0 spiro atoms. The number of aliphatic carboxylic acids is 1. The Hall–Kier alpha value is -2.37. The molecule has 0 aliphatic carbocycles. The first-order valence-corrected chi connectivity index (χ1v) is 5.47. The van der Waals surface area contributed by atoms with Gasteiger partial charge in [-0.15, -0.1) is 0 Å². The highest BCUT2D eigenvalue weighted by molar-refractivity contribution is 5.96. The Bertz CT molecular complexity index is 486. The number of hydrazine groups is 1. The second-order valence-electron chi connectivity index (χ2n) is 4.05. The molecule has 6 heteroatoms. The van der Waals surface area contributed by atoms with Gasteiger partial charge in [0.2, 0.25) is 5.91 Å². The highest BCUT2D eigenvalue weighted by Crippen LogP contribution is 2.16.